The summed E-state index contributed by atoms with van der Waals surface area (Å²) in [6, 6.07) is 18.6. The summed E-state index contributed by atoms with van der Waals surface area (Å²) < 4.78 is 0. The standard InChI is InChI=1S/C20H23N3O/c24-20(22-18-14-16(18)15-8-2-1-3-9-15)21-17-10-4-5-11-19(17)23-12-6-7-13-23/h1-5,8-11,16,18H,6-7,12-14H2,(H2,21,22,24). The van der Waals surface area contributed by atoms with Crippen molar-refractivity contribution in [3.05, 3.63) is 60.2 Å². The second-order valence-corrected chi connectivity index (χ2v) is 6.67. The van der Waals surface area contributed by atoms with Gasteiger partial charge in [-0.25, -0.2) is 4.79 Å². The van der Waals surface area contributed by atoms with Crippen LogP contribution in [0, 0.1) is 0 Å². The first-order valence-electron chi connectivity index (χ1n) is 8.78. The molecule has 0 bridgehead atoms. The SMILES string of the molecule is O=C(Nc1ccccc1N1CCCC1)NC1CC1c1ccccc1. The number of hydrogen-bond donors (Lipinski definition) is 2. The monoisotopic (exact) mass is 321 g/mol. The van der Waals surface area contributed by atoms with Crippen LogP contribution in [0.5, 0.6) is 0 Å². The molecule has 2 aromatic rings. The van der Waals surface area contributed by atoms with E-state index in [0.717, 1.165) is 30.9 Å². The molecule has 4 rings (SSSR count). The van der Waals surface area contributed by atoms with E-state index in [1.165, 1.54) is 18.4 Å². The van der Waals surface area contributed by atoms with Gasteiger partial charge in [0.25, 0.3) is 0 Å². The molecular weight excluding hydrogens is 298 g/mol. The summed E-state index contributed by atoms with van der Waals surface area (Å²) in [6.07, 6.45) is 3.47. The first-order valence-corrected chi connectivity index (χ1v) is 8.78. The van der Waals surface area contributed by atoms with Gasteiger partial charge in [0.15, 0.2) is 0 Å². The Morgan fingerprint density at radius 2 is 1.67 bits per heavy atom. The zero-order valence-corrected chi connectivity index (χ0v) is 13.7. The highest BCUT2D eigenvalue weighted by Gasteiger charge is 2.39. The van der Waals surface area contributed by atoms with Crippen molar-refractivity contribution >= 4 is 17.4 Å². The lowest BCUT2D eigenvalue weighted by Crippen LogP contribution is -2.32. The molecule has 1 aliphatic heterocycles. The fourth-order valence-electron chi connectivity index (χ4n) is 3.56. The summed E-state index contributed by atoms with van der Waals surface area (Å²) in [5, 5.41) is 6.14. The minimum atomic E-state index is -0.106. The number of urea groups is 1. The van der Waals surface area contributed by atoms with E-state index in [1.807, 2.05) is 24.3 Å². The number of rotatable bonds is 4. The molecule has 0 spiro atoms. The van der Waals surface area contributed by atoms with Crippen LogP contribution < -0.4 is 15.5 Å². The van der Waals surface area contributed by atoms with Gasteiger partial charge >= 0.3 is 6.03 Å². The first-order chi connectivity index (χ1) is 11.8. The first kappa shape index (κ1) is 15.1. The van der Waals surface area contributed by atoms with Crippen LogP contribution in [-0.2, 0) is 0 Å². The van der Waals surface area contributed by atoms with Crippen LogP contribution in [0.1, 0.15) is 30.7 Å². The highest BCUT2D eigenvalue weighted by atomic mass is 16.2. The van der Waals surface area contributed by atoms with Crippen LogP contribution in [0.15, 0.2) is 54.6 Å². The fourth-order valence-corrected chi connectivity index (χ4v) is 3.56. The summed E-state index contributed by atoms with van der Waals surface area (Å²) in [6.45, 7) is 2.14. The Balaban J connectivity index is 1.37. The summed E-state index contributed by atoms with van der Waals surface area (Å²) >= 11 is 0. The van der Waals surface area contributed by atoms with Gasteiger partial charge in [0, 0.05) is 25.0 Å². The number of anilines is 2. The molecule has 1 saturated heterocycles. The summed E-state index contributed by atoms with van der Waals surface area (Å²) in [4.78, 5) is 14.7. The van der Waals surface area contributed by atoms with Crippen LogP contribution in [0.3, 0.4) is 0 Å². The van der Waals surface area contributed by atoms with Crippen molar-refractivity contribution in [2.75, 3.05) is 23.3 Å². The lowest BCUT2D eigenvalue weighted by Gasteiger charge is -2.21. The lowest BCUT2D eigenvalue weighted by atomic mass is 10.1. The molecule has 4 heteroatoms. The molecule has 0 radical (unpaired) electrons. The highest BCUT2D eigenvalue weighted by molar-refractivity contribution is 5.93. The van der Waals surface area contributed by atoms with Gasteiger partial charge in [-0.3, -0.25) is 0 Å². The molecule has 1 heterocycles. The molecule has 1 saturated carbocycles. The fraction of sp³-hybridized carbons (Fsp3) is 0.350. The van der Waals surface area contributed by atoms with Crippen molar-refractivity contribution in [1.29, 1.82) is 0 Å². The highest BCUT2D eigenvalue weighted by Crippen LogP contribution is 2.40. The van der Waals surface area contributed by atoms with E-state index in [4.69, 9.17) is 0 Å². The summed E-state index contributed by atoms with van der Waals surface area (Å²) in [7, 11) is 0. The molecule has 4 nitrogen and oxygen atoms in total. The van der Waals surface area contributed by atoms with Gasteiger partial charge in [0.05, 0.1) is 11.4 Å². The Hall–Kier alpha value is -2.49. The van der Waals surface area contributed by atoms with Gasteiger partial charge in [-0.15, -0.1) is 0 Å². The van der Waals surface area contributed by atoms with Crippen molar-refractivity contribution in [1.82, 2.24) is 5.32 Å². The summed E-state index contributed by atoms with van der Waals surface area (Å²) in [5.41, 5.74) is 3.33. The molecule has 2 N–H and O–H groups in total. The van der Waals surface area contributed by atoms with Crippen LogP contribution in [0.2, 0.25) is 0 Å². The second-order valence-electron chi connectivity index (χ2n) is 6.67. The molecule has 2 fully saturated rings. The third-order valence-electron chi connectivity index (χ3n) is 4.93. The average molecular weight is 321 g/mol. The van der Waals surface area contributed by atoms with E-state index in [9.17, 15) is 4.79 Å². The van der Waals surface area contributed by atoms with Crippen LogP contribution in [0.4, 0.5) is 16.2 Å². The normalized spacial score (nSPS) is 22.2. The van der Waals surface area contributed by atoms with Crippen LogP contribution in [0.25, 0.3) is 0 Å². The van der Waals surface area contributed by atoms with E-state index in [-0.39, 0.29) is 12.1 Å². The molecule has 2 unspecified atom stereocenters. The maximum Gasteiger partial charge on any atom is 0.319 e. The zero-order valence-electron chi connectivity index (χ0n) is 13.7. The van der Waals surface area contributed by atoms with Gasteiger partial charge in [0.2, 0.25) is 0 Å². The Kier molecular flexibility index (Phi) is 4.11. The van der Waals surface area contributed by atoms with Crippen molar-refractivity contribution in [3.63, 3.8) is 0 Å². The average Bonchev–Trinajstić information content (AvgIpc) is 3.15. The minimum Gasteiger partial charge on any atom is -0.370 e. The molecule has 2 aromatic carbocycles. The van der Waals surface area contributed by atoms with Gasteiger partial charge in [-0.2, -0.15) is 0 Å². The molecular formula is C20H23N3O. The quantitative estimate of drug-likeness (QED) is 0.895. The minimum absolute atomic E-state index is 0.106. The second kappa shape index (κ2) is 6.56. The topological polar surface area (TPSA) is 44.4 Å². The van der Waals surface area contributed by atoms with E-state index in [1.54, 1.807) is 0 Å². The molecule has 124 valence electrons. The van der Waals surface area contributed by atoms with E-state index in [2.05, 4.69) is 45.9 Å². The van der Waals surface area contributed by atoms with E-state index in [0.29, 0.717) is 5.92 Å². The number of para-hydroxylation sites is 2. The maximum atomic E-state index is 12.4. The van der Waals surface area contributed by atoms with Crippen molar-refractivity contribution in [2.45, 2.75) is 31.2 Å². The van der Waals surface area contributed by atoms with Gasteiger partial charge in [0.1, 0.15) is 0 Å². The largest absolute Gasteiger partial charge is 0.370 e. The molecule has 2 aliphatic rings. The molecule has 2 atom stereocenters. The number of hydrogen-bond acceptors (Lipinski definition) is 2. The maximum absolute atomic E-state index is 12.4. The smallest absolute Gasteiger partial charge is 0.319 e. The number of nitrogens with one attached hydrogen (secondary N) is 2. The Morgan fingerprint density at radius 3 is 2.46 bits per heavy atom. The van der Waals surface area contributed by atoms with Crippen molar-refractivity contribution in [2.24, 2.45) is 0 Å². The predicted molar refractivity (Wildman–Crippen MR) is 97.6 cm³/mol. The predicted octanol–water partition coefficient (Wildman–Crippen LogP) is 3.96. The number of benzene rings is 2. The Bertz CT molecular complexity index is 710. The molecule has 2 amide bonds. The lowest BCUT2D eigenvalue weighted by molar-refractivity contribution is 0.251. The number of amides is 2. The molecule has 24 heavy (non-hydrogen) atoms. The van der Waals surface area contributed by atoms with Gasteiger partial charge in [-0.1, -0.05) is 42.5 Å². The molecule has 1 aliphatic carbocycles. The zero-order chi connectivity index (χ0) is 16.4. The van der Waals surface area contributed by atoms with E-state index >= 15 is 0 Å². The van der Waals surface area contributed by atoms with Crippen molar-refractivity contribution in [3.8, 4) is 0 Å². The number of nitrogens with zero attached hydrogens (tertiary/aromatic N) is 1. The van der Waals surface area contributed by atoms with Gasteiger partial charge in [-0.05, 0) is 37.0 Å². The van der Waals surface area contributed by atoms with Gasteiger partial charge < -0.3 is 15.5 Å². The third kappa shape index (κ3) is 3.23. The molecule has 0 aromatic heterocycles. The Labute approximate surface area is 142 Å². The van der Waals surface area contributed by atoms with E-state index < -0.39 is 0 Å². The number of carbonyl (C=O) groups excluding carboxylic acids is 1. The third-order valence-corrected chi connectivity index (χ3v) is 4.93. The number of carbonyl (C=O) groups is 1. The van der Waals surface area contributed by atoms with Crippen LogP contribution >= 0.6 is 0 Å². The Morgan fingerprint density at radius 1 is 0.958 bits per heavy atom. The summed E-state index contributed by atoms with van der Waals surface area (Å²) in [5.74, 6) is 0.450. The van der Waals surface area contributed by atoms with Crippen molar-refractivity contribution < 1.29 is 4.79 Å². The van der Waals surface area contributed by atoms with Crippen LogP contribution in [-0.4, -0.2) is 25.2 Å².